The van der Waals surface area contributed by atoms with Crippen LogP contribution in [0.3, 0.4) is 0 Å². The molecule has 0 heterocycles. The molecule has 5 heteroatoms. The molecular weight excluding hydrogens is 274 g/mol. The van der Waals surface area contributed by atoms with Crippen molar-refractivity contribution in [2.24, 2.45) is 5.73 Å². The standard InChI is InChI=1S/C15H12ClN3O/c16-14-6-5-12(7-13(14)15(18)20)19-9-11-3-1-10(8-17)2-4-11/h1-7,19H,9H2,(H2,18,20). The number of nitrogens with two attached hydrogens (primary N) is 1. The smallest absolute Gasteiger partial charge is 0.250 e. The van der Waals surface area contributed by atoms with Crippen molar-refractivity contribution in [2.45, 2.75) is 6.54 Å². The van der Waals surface area contributed by atoms with Crippen LogP contribution in [-0.4, -0.2) is 5.91 Å². The number of halogens is 1. The molecule has 0 saturated heterocycles. The summed E-state index contributed by atoms with van der Waals surface area (Å²) in [5.41, 5.74) is 7.94. The lowest BCUT2D eigenvalue weighted by Gasteiger charge is -2.08. The van der Waals surface area contributed by atoms with Gasteiger partial charge in [0.05, 0.1) is 22.2 Å². The second kappa shape index (κ2) is 6.09. The molecule has 0 aromatic heterocycles. The minimum absolute atomic E-state index is 0.288. The van der Waals surface area contributed by atoms with Crippen molar-refractivity contribution in [3.05, 3.63) is 64.2 Å². The number of amides is 1. The highest BCUT2D eigenvalue weighted by Gasteiger charge is 2.07. The molecule has 3 N–H and O–H groups in total. The normalized spacial score (nSPS) is 9.80. The molecule has 0 aliphatic rings. The minimum atomic E-state index is -0.558. The van der Waals surface area contributed by atoms with Crippen molar-refractivity contribution in [2.75, 3.05) is 5.32 Å². The highest BCUT2D eigenvalue weighted by molar-refractivity contribution is 6.33. The quantitative estimate of drug-likeness (QED) is 0.906. The van der Waals surface area contributed by atoms with Crippen LogP contribution in [0.2, 0.25) is 5.02 Å². The zero-order valence-corrected chi connectivity index (χ0v) is 11.3. The third-order valence-electron chi connectivity index (χ3n) is 2.81. The maximum atomic E-state index is 11.2. The average molecular weight is 286 g/mol. The summed E-state index contributed by atoms with van der Waals surface area (Å²) in [6.45, 7) is 0.575. The van der Waals surface area contributed by atoms with Crippen molar-refractivity contribution in [1.82, 2.24) is 0 Å². The number of nitrogens with one attached hydrogen (secondary N) is 1. The van der Waals surface area contributed by atoms with Crippen molar-refractivity contribution < 1.29 is 4.79 Å². The van der Waals surface area contributed by atoms with Crippen LogP contribution in [0.4, 0.5) is 5.69 Å². The second-order valence-corrected chi connectivity index (χ2v) is 4.63. The van der Waals surface area contributed by atoms with Crippen LogP contribution in [0.1, 0.15) is 21.5 Å². The van der Waals surface area contributed by atoms with Crippen LogP contribution in [0.15, 0.2) is 42.5 Å². The zero-order valence-electron chi connectivity index (χ0n) is 10.6. The van der Waals surface area contributed by atoms with Gasteiger partial charge in [-0.25, -0.2) is 0 Å². The largest absolute Gasteiger partial charge is 0.381 e. The van der Waals surface area contributed by atoms with Gasteiger partial charge in [-0.3, -0.25) is 4.79 Å². The number of primary amides is 1. The molecule has 0 aliphatic heterocycles. The van der Waals surface area contributed by atoms with Gasteiger partial charge in [0.1, 0.15) is 0 Å². The van der Waals surface area contributed by atoms with Gasteiger partial charge in [-0.2, -0.15) is 5.26 Å². The Morgan fingerprint density at radius 2 is 1.95 bits per heavy atom. The van der Waals surface area contributed by atoms with Gasteiger partial charge in [0.2, 0.25) is 5.91 Å². The maximum absolute atomic E-state index is 11.2. The van der Waals surface area contributed by atoms with Crippen LogP contribution >= 0.6 is 11.6 Å². The van der Waals surface area contributed by atoms with E-state index < -0.39 is 5.91 Å². The van der Waals surface area contributed by atoms with Crippen molar-refractivity contribution in [3.8, 4) is 6.07 Å². The predicted octanol–water partition coefficient (Wildman–Crippen LogP) is 2.92. The SMILES string of the molecule is N#Cc1ccc(CNc2ccc(Cl)c(C(N)=O)c2)cc1. The van der Waals surface area contributed by atoms with Gasteiger partial charge in [-0.15, -0.1) is 0 Å². The topological polar surface area (TPSA) is 78.9 Å². The number of hydrogen-bond acceptors (Lipinski definition) is 3. The first-order valence-corrected chi connectivity index (χ1v) is 6.30. The number of rotatable bonds is 4. The number of nitriles is 1. The molecule has 2 aromatic carbocycles. The maximum Gasteiger partial charge on any atom is 0.250 e. The van der Waals surface area contributed by atoms with Gasteiger partial charge in [0, 0.05) is 12.2 Å². The number of nitrogens with zero attached hydrogens (tertiary/aromatic N) is 1. The predicted molar refractivity (Wildman–Crippen MR) is 78.5 cm³/mol. The Kier molecular flexibility index (Phi) is 4.24. The van der Waals surface area contributed by atoms with Crippen LogP contribution in [-0.2, 0) is 6.54 Å². The Hall–Kier alpha value is -2.51. The molecule has 0 spiro atoms. The summed E-state index contributed by atoms with van der Waals surface area (Å²) in [6.07, 6.45) is 0. The van der Waals surface area contributed by atoms with Gasteiger partial charge < -0.3 is 11.1 Å². The third kappa shape index (κ3) is 3.28. The van der Waals surface area contributed by atoms with Crippen LogP contribution < -0.4 is 11.1 Å². The van der Waals surface area contributed by atoms with Gasteiger partial charge in [0.15, 0.2) is 0 Å². The first kappa shape index (κ1) is 13.9. The molecule has 20 heavy (non-hydrogen) atoms. The van der Waals surface area contributed by atoms with E-state index in [0.29, 0.717) is 17.1 Å². The van der Waals surface area contributed by atoms with Crippen molar-refractivity contribution in [1.29, 1.82) is 5.26 Å². The van der Waals surface area contributed by atoms with Gasteiger partial charge in [0.25, 0.3) is 0 Å². The Morgan fingerprint density at radius 1 is 1.25 bits per heavy atom. The molecule has 4 nitrogen and oxygen atoms in total. The molecule has 0 fully saturated rings. The molecule has 2 rings (SSSR count). The average Bonchev–Trinajstić information content (AvgIpc) is 2.46. The summed E-state index contributed by atoms with van der Waals surface area (Å²) in [5.74, 6) is -0.558. The van der Waals surface area contributed by atoms with E-state index in [1.54, 1.807) is 30.3 Å². The zero-order chi connectivity index (χ0) is 14.5. The number of carbonyl (C=O) groups excluding carboxylic acids is 1. The summed E-state index contributed by atoms with van der Waals surface area (Å²) in [5, 5.41) is 12.2. The third-order valence-corrected chi connectivity index (χ3v) is 3.14. The summed E-state index contributed by atoms with van der Waals surface area (Å²) in [7, 11) is 0. The van der Waals surface area contributed by atoms with Crippen LogP contribution in [0.25, 0.3) is 0 Å². The molecule has 0 unspecified atom stereocenters. The van der Waals surface area contributed by atoms with E-state index >= 15 is 0 Å². The summed E-state index contributed by atoms with van der Waals surface area (Å²) in [4.78, 5) is 11.2. The van der Waals surface area contributed by atoms with Gasteiger partial charge in [-0.05, 0) is 35.9 Å². The Balaban J connectivity index is 2.09. The van der Waals surface area contributed by atoms with Gasteiger partial charge >= 0.3 is 0 Å². The highest BCUT2D eigenvalue weighted by atomic mass is 35.5. The Labute approximate surface area is 121 Å². The molecule has 0 radical (unpaired) electrons. The lowest BCUT2D eigenvalue weighted by Crippen LogP contribution is -2.12. The molecule has 100 valence electrons. The number of anilines is 1. The fourth-order valence-electron chi connectivity index (χ4n) is 1.73. The highest BCUT2D eigenvalue weighted by Crippen LogP contribution is 2.20. The fourth-order valence-corrected chi connectivity index (χ4v) is 1.94. The number of carbonyl (C=O) groups is 1. The monoisotopic (exact) mass is 285 g/mol. The van der Waals surface area contributed by atoms with E-state index in [1.165, 1.54) is 0 Å². The first-order valence-electron chi connectivity index (χ1n) is 5.92. The van der Waals surface area contributed by atoms with E-state index in [9.17, 15) is 4.79 Å². The van der Waals surface area contributed by atoms with Crippen molar-refractivity contribution in [3.63, 3.8) is 0 Å². The molecule has 0 aliphatic carbocycles. The summed E-state index contributed by atoms with van der Waals surface area (Å²) >= 11 is 5.88. The first-order chi connectivity index (χ1) is 9.60. The minimum Gasteiger partial charge on any atom is -0.381 e. The molecule has 1 amide bonds. The molecule has 0 bridgehead atoms. The van der Waals surface area contributed by atoms with Crippen molar-refractivity contribution >= 4 is 23.2 Å². The fraction of sp³-hybridized carbons (Fsp3) is 0.0667. The molecular formula is C15H12ClN3O. The van der Waals surface area contributed by atoms with E-state index in [4.69, 9.17) is 22.6 Å². The van der Waals surface area contributed by atoms with Gasteiger partial charge in [-0.1, -0.05) is 23.7 Å². The van der Waals surface area contributed by atoms with Crippen LogP contribution in [0.5, 0.6) is 0 Å². The van der Waals surface area contributed by atoms with E-state index in [0.717, 1.165) is 11.3 Å². The lowest BCUT2D eigenvalue weighted by atomic mass is 10.1. The number of benzene rings is 2. The van der Waals surface area contributed by atoms with Crippen LogP contribution in [0, 0.1) is 11.3 Å². The Morgan fingerprint density at radius 3 is 2.55 bits per heavy atom. The van der Waals surface area contributed by atoms with E-state index in [-0.39, 0.29) is 5.56 Å². The molecule has 0 saturated carbocycles. The molecule has 2 aromatic rings. The number of hydrogen-bond donors (Lipinski definition) is 2. The van der Waals surface area contributed by atoms with E-state index in [2.05, 4.69) is 11.4 Å². The van der Waals surface area contributed by atoms with E-state index in [1.807, 2.05) is 12.1 Å². The Bertz CT molecular complexity index is 675. The summed E-state index contributed by atoms with van der Waals surface area (Å²) in [6, 6.07) is 14.3. The lowest BCUT2D eigenvalue weighted by molar-refractivity contribution is 0.100. The molecule has 0 atom stereocenters. The second-order valence-electron chi connectivity index (χ2n) is 4.22. The summed E-state index contributed by atoms with van der Waals surface area (Å²) < 4.78 is 0.